The van der Waals surface area contributed by atoms with Crippen molar-refractivity contribution < 1.29 is 42.9 Å². The minimum atomic E-state index is -1.21. The number of hydrogen-bond acceptors (Lipinski definition) is 9. The number of amides is 2. The first-order valence-electron chi connectivity index (χ1n) is 8.78. The molecular weight excluding hydrogens is 501 g/mol. The second-order valence-corrected chi connectivity index (χ2v) is 7.92. The Morgan fingerprint density at radius 3 is 1.86 bits per heavy atom. The number of alkyl halides is 1. The number of esters is 3. The zero-order valence-corrected chi connectivity index (χ0v) is 18.8. The van der Waals surface area contributed by atoms with Crippen molar-refractivity contribution in [1.29, 1.82) is 0 Å². The number of carbonyl (C=O) groups is 5. The first-order chi connectivity index (χ1) is 13.5. The molecule has 10 nitrogen and oxygen atoms in total. The monoisotopic (exact) mass is 523 g/mol. The summed E-state index contributed by atoms with van der Waals surface area (Å²) >= 11 is 1.86. The van der Waals surface area contributed by atoms with Crippen molar-refractivity contribution >= 4 is 52.3 Å². The van der Waals surface area contributed by atoms with Crippen LogP contribution in [0.3, 0.4) is 0 Å². The second-order valence-electron chi connectivity index (χ2n) is 6.70. The van der Waals surface area contributed by atoms with Crippen LogP contribution >= 0.6 is 22.6 Å². The number of carbonyl (C=O) groups excluding carboxylic acids is 5. The summed E-state index contributed by atoms with van der Waals surface area (Å²) in [6.07, 6.45) is -3.37. The maximum atomic E-state index is 12.7. The van der Waals surface area contributed by atoms with Gasteiger partial charge in [0.15, 0.2) is 12.2 Å². The number of imide groups is 1. The highest BCUT2D eigenvalue weighted by Crippen LogP contribution is 2.36. The number of ether oxygens (including phenoxy) is 4. The van der Waals surface area contributed by atoms with Gasteiger partial charge in [-0.2, -0.15) is 0 Å². The maximum absolute atomic E-state index is 12.7. The van der Waals surface area contributed by atoms with E-state index >= 15 is 0 Å². The van der Waals surface area contributed by atoms with Crippen molar-refractivity contribution in [1.82, 2.24) is 4.90 Å². The Balaban J connectivity index is 2.46. The number of rotatable bonds is 5. The number of nitrogens with zero attached hydrogens (tertiary/aromatic N) is 1. The van der Waals surface area contributed by atoms with Crippen molar-refractivity contribution in [2.24, 2.45) is 0 Å². The van der Waals surface area contributed by atoms with E-state index in [4.69, 9.17) is 18.9 Å². The molecule has 11 heteroatoms. The maximum Gasteiger partial charge on any atom is 0.303 e. The van der Waals surface area contributed by atoms with Crippen LogP contribution in [-0.2, 0) is 42.9 Å². The van der Waals surface area contributed by atoms with Crippen LogP contribution in [0.1, 0.15) is 34.6 Å². The van der Waals surface area contributed by atoms with Crippen molar-refractivity contribution in [2.75, 3.05) is 6.61 Å². The first-order valence-corrected chi connectivity index (χ1v) is 10.0. The summed E-state index contributed by atoms with van der Waals surface area (Å²) in [6.45, 7) is 6.29. The van der Waals surface area contributed by atoms with Gasteiger partial charge in [-0.25, -0.2) is 0 Å². The Labute approximate surface area is 181 Å². The van der Waals surface area contributed by atoms with Gasteiger partial charge in [0.2, 0.25) is 0 Å². The molecule has 5 atom stereocenters. The summed E-state index contributed by atoms with van der Waals surface area (Å²) in [6, 6.07) is -1.05. The molecule has 2 aliphatic heterocycles. The van der Waals surface area contributed by atoms with Gasteiger partial charge in [0.1, 0.15) is 22.9 Å². The Hall–Kier alpha value is -2.02. The SMILES string of the molecule is CC(=O)OC[C@H]1O[C@@H](I)[C@H](N2C(=O)C(C)=C(C)C2=O)[C@@H](OC(C)=O)[C@@H]1OC(C)=O. The van der Waals surface area contributed by atoms with E-state index in [1.807, 2.05) is 22.6 Å². The molecule has 0 aromatic carbocycles. The van der Waals surface area contributed by atoms with Gasteiger partial charge in [-0.05, 0) is 36.4 Å². The zero-order chi connectivity index (χ0) is 22.0. The molecule has 2 rings (SSSR count). The highest BCUT2D eigenvalue weighted by Gasteiger charge is 2.55. The van der Waals surface area contributed by atoms with Gasteiger partial charge in [0, 0.05) is 31.9 Å². The second kappa shape index (κ2) is 9.20. The molecule has 1 saturated heterocycles. The van der Waals surface area contributed by atoms with Gasteiger partial charge < -0.3 is 18.9 Å². The quantitative estimate of drug-likeness (QED) is 0.168. The summed E-state index contributed by atoms with van der Waals surface area (Å²) < 4.78 is 20.7. The summed E-state index contributed by atoms with van der Waals surface area (Å²) in [4.78, 5) is 61.0. The summed E-state index contributed by atoms with van der Waals surface area (Å²) in [5.41, 5.74) is 0.539. The summed E-state index contributed by atoms with van der Waals surface area (Å²) in [5.74, 6) is -3.06. The van der Waals surface area contributed by atoms with Gasteiger partial charge in [-0.15, -0.1) is 0 Å². The topological polar surface area (TPSA) is 126 Å². The van der Waals surface area contributed by atoms with Crippen LogP contribution in [0.4, 0.5) is 0 Å². The smallest absolute Gasteiger partial charge is 0.303 e. The molecule has 2 heterocycles. The average Bonchev–Trinajstić information content (AvgIpc) is 2.79. The van der Waals surface area contributed by atoms with Crippen molar-refractivity contribution in [3.05, 3.63) is 11.1 Å². The van der Waals surface area contributed by atoms with Crippen molar-refractivity contribution in [3.8, 4) is 0 Å². The molecule has 160 valence electrons. The molecule has 2 amide bonds. The molecule has 0 aromatic heterocycles. The minimum Gasteiger partial charge on any atom is -0.463 e. The van der Waals surface area contributed by atoms with E-state index in [9.17, 15) is 24.0 Å². The predicted molar refractivity (Wildman–Crippen MR) is 104 cm³/mol. The third-order valence-corrected chi connectivity index (χ3v) is 5.63. The fourth-order valence-electron chi connectivity index (χ4n) is 3.19. The fourth-order valence-corrected chi connectivity index (χ4v) is 4.29. The molecule has 0 bridgehead atoms. The average molecular weight is 523 g/mol. The Morgan fingerprint density at radius 1 is 0.931 bits per heavy atom. The lowest BCUT2D eigenvalue weighted by molar-refractivity contribution is -0.218. The van der Waals surface area contributed by atoms with Gasteiger partial charge in [-0.1, -0.05) is 0 Å². The third kappa shape index (κ3) is 4.94. The largest absolute Gasteiger partial charge is 0.463 e. The highest BCUT2D eigenvalue weighted by atomic mass is 127. The number of hydrogen-bond donors (Lipinski definition) is 0. The van der Waals surface area contributed by atoms with Crippen LogP contribution in [0.2, 0.25) is 0 Å². The first kappa shape index (κ1) is 23.3. The molecule has 0 unspecified atom stereocenters. The van der Waals surface area contributed by atoms with Crippen LogP contribution in [0.5, 0.6) is 0 Å². The van der Waals surface area contributed by atoms with E-state index in [1.165, 1.54) is 20.8 Å². The molecule has 0 saturated carbocycles. The summed E-state index contributed by atoms with van der Waals surface area (Å²) in [7, 11) is 0. The van der Waals surface area contributed by atoms with E-state index < -0.39 is 58.2 Å². The molecule has 0 aromatic rings. The van der Waals surface area contributed by atoms with Crippen LogP contribution in [0.15, 0.2) is 11.1 Å². The molecule has 0 N–H and O–H groups in total. The van der Waals surface area contributed by atoms with Gasteiger partial charge in [0.05, 0.1) is 0 Å². The molecule has 2 aliphatic rings. The Bertz CT molecular complexity index is 753. The lowest BCUT2D eigenvalue weighted by Crippen LogP contribution is -2.66. The van der Waals surface area contributed by atoms with Crippen molar-refractivity contribution in [3.63, 3.8) is 0 Å². The van der Waals surface area contributed by atoms with Crippen LogP contribution in [0.25, 0.3) is 0 Å². The fraction of sp³-hybridized carbons (Fsp3) is 0.611. The lowest BCUT2D eigenvalue weighted by atomic mass is 9.96. The highest BCUT2D eigenvalue weighted by molar-refractivity contribution is 14.1. The molecule has 29 heavy (non-hydrogen) atoms. The Morgan fingerprint density at radius 2 is 1.41 bits per heavy atom. The van der Waals surface area contributed by atoms with Crippen LogP contribution in [-0.4, -0.2) is 69.7 Å². The molecule has 0 aliphatic carbocycles. The molecular formula is C18H22INO9. The van der Waals surface area contributed by atoms with Crippen LogP contribution < -0.4 is 0 Å². The van der Waals surface area contributed by atoms with Gasteiger partial charge in [0.25, 0.3) is 11.8 Å². The Kier molecular flexibility index (Phi) is 7.38. The van der Waals surface area contributed by atoms with Gasteiger partial charge >= 0.3 is 17.9 Å². The van der Waals surface area contributed by atoms with E-state index in [2.05, 4.69) is 0 Å². The van der Waals surface area contributed by atoms with E-state index in [1.54, 1.807) is 0 Å². The summed E-state index contributed by atoms with van der Waals surface area (Å²) in [5, 5.41) is 0. The van der Waals surface area contributed by atoms with E-state index in [-0.39, 0.29) is 17.8 Å². The van der Waals surface area contributed by atoms with Gasteiger partial charge in [-0.3, -0.25) is 28.9 Å². The predicted octanol–water partition coefficient (Wildman–Crippen LogP) is 0.647. The normalized spacial score (nSPS) is 29.7. The van der Waals surface area contributed by atoms with E-state index in [0.29, 0.717) is 0 Å². The standard InChI is InChI=1S/C18H22INO9/c1-7-8(2)18(25)20(17(7)24)13-15(28-11(5)23)14(27-10(4)22)12(29-16(13)19)6-26-9(3)21/h12-16H,6H2,1-5H3/t12-,13-,14-,15-,16-/m1/s1. The minimum absolute atomic E-state index is 0.268. The van der Waals surface area contributed by atoms with E-state index in [0.717, 1.165) is 18.7 Å². The number of halogens is 1. The lowest BCUT2D eigenvalue weighted by Gasteiger charge is -2.46. The van der Waals surface area contributed by atoms with Crippen molar-refractivity contribution in [2.45, 2.75) is 63.1 Å². The molecule has 0 radical (unpaired) electrons. The molecule has 1 fully saturated rings. The molecule has 0 spiro atoms. The third-order valence-electron chi connectivity index (χ3n) is 4.59. The zero-order valence-electron chi connectivity index (χ0n) is 16.6. The van der Waals surface area contributed by atoms with Crippen LogP contribution in [0, 0.1) is 0 Å².